The number of amides is 1. The molecule has 0 radical (unpaired) electrons. The minimum absolute atomic E-state index is 0.0648. The van der Waals surface area contributed by atoms with Gasteiger partial charge in [0.1, 0.15) is 17.1 Å². The lowest BCUT2D eigenvalue weighted by molar-refractivity contribution is -0.116. The molecule has 1 aliphatic rings. The minimum atomic E-state index is -0.0648. The predicted octanol–water partition coefficient (Wildman–Crippen LogP) is 6.17. The van der Waals surface area contributed by atoms with Crippen molar-refractivity contribution in [1.29, 1.82) is 0 Å². The van der Waals surface area contributed by atoms with Crippen LogP contribution in [0.1, 0.15) is 61.1 Å². The molecule has 4 rings (SSSR count). The molecule has 1 amide bonds. The summed E-state index contributed by atoms with van der Waals surface area (Å²) in [6.07, 6.45) is 8.00. The summed E-state index contributed by atoms with van der Waals surface area (Å²) in [5.74, 6) is 1.87. The van der Waals surface area contributed by atoms with E-state index in [1.165, 1.54) is 29.4 Å². The van der Waals surface area contributed by atoms with Crippen LogP contribution in [-0.2, 0) is 24.1 Å². The summed E-state index contributed by atoms with van der Waals surface area (Å²) in [6.45, 7) is 7.25. The van der Waals surface area contributed by atoms with Gasteiger partial charge < -0.3 is 14.5 Å². The summed E-state index contributed by atoms with van der Waals surface area (Å²) >= 11 is 0. The number of nitrogens with one attached hydrogen (secondary N) is 1. The lowest BCUT2D eigenvalue weighted by Gasteiger charge is -2.15. The Balaban J connectivity index is 1.53. The van der Waals surface area contributed by atoms with Gasteiger partial charge in [-0.1, -0.05) is 30.3 Å². The third kappa shape index (κ3) is 4.74. The Bertz CT molecular complexity index is 1120. The van der Waals surface area contributed by atoms with Crippen molar-refractivity contribution >= 4 is 22.4 Å². The Hall–Kier alpha value is -3.01. The fraction of sp³-hybridized carbons (Fsp3) is 0.393. The topological polar surface area (TPSA) is 51.5 Å². The first kappa shape index (κ1) is 22.2. The molecular weight excluding hydrogens is 398 g/mol. The number of fused-ring (bicyclic) bond motifs is 3. The highest BCUT2D eigenvalue weighted by Crippen LogP contribution is 2.41. The first-order valence-electron chi connectivity index (χ1n) is 11.8. The molecule has 3 aromatic rings. The van der Waals surface area contributed by atoms with Crippen molar-refractivity contribution < 1.29 is 13.9 Å². The predicted molar refractivity (Wildman–Crippen MR) is 130 cm³/mol. The number of allylic oxidation sites excluding steroid dienone is 1. The standard InChI is InChI=1S/C28H33NO3/c1-4-31-27-20(3)28-24(22-14-8-9-15-25(22)32-28)18-23(27)19(2)17-26(30)29-16-10-13-21-11-6-5-7-12-21/h5-7,11-12,17-18H,4,8-10,13-16H2,1-3H3,(H,29,30)/b19-17+. The molecule has 0 saturated heterocycles. The molecule has 0 aliphatic heterocycles. The molecule has 0 spiro atoms. The molecule has 0 unspecified atom stereocenters. The minimum Gasteiger partial charge on any atom is -0.493 e. The molecule has 0 saturated carbocycles. The number of hydrogen-bond donors (Lipinski definition) is 1. The number of furan rings is 1. The van der Waals surface area contributed by atoms with Crippen molar-refractivity contribution in [2.75, 3.05) is 13.2 Å². The SMILES string of the molecule is CCOc1c(/C(C)=C/C(=O)NCCCc2ccccc2)cc2c3c(oc2c1C)CCCC3. The van der Waals surface area contributed by atoms with E-state index >= 15 is 0 Å². The maximum atomic E-state index is 12.6. The van der Waals surface area contributed by atoms with E-state index in [0.29, 0.717) is 13.2 Å². The van der Waals surface area contributed by atoms with Crippen LogP contribution in [-0.4, -0.2) is 19.1 Å². The van der Waals surface area contributed by atoms with Gasteiger partial charge in [0.15, 0.2) is 0 Å². The van der Waals surface area contributed by atoms with Gasteiger partial charge in [-0.25, -0.2) is 0 Å². The van der Waals surface area contributed by atoms with Crippen LogP contribution < -0.4 is 10.1 Å². The first-order chi connectivity index (χ1) is 15.6. The number of rotatable bonds is 8. The lowest BCUT2D eigenvalue weighted by atomic mass is 9.93. The highest BCUT2D eigenvalue weighted by atomic mass is 16.5. The Morgan fingerprint density at radius 3 is 2.75 bits per heavy atom. The zero-order valence-corrected chi connectivity index (χ0v) is 19.4. The average Bonchev–Trinajstić information content (AvgIpc) is 3.18. The largest absolute Gasteiger partial charge is 0.493 e. The van der Waals surface area contributed by atoms with Gasteiger partial charge in [0.25, 0.3) is 0 Å². The van der Waals surface area contributed by atoms with Crippen LogP contribution in [0.15, 0.2) is 46.9 Å². The summed E-state index contributed by atoms with van der Waals surface area (Å²) in [4.78, 5) is 12.6. The van der Waals surface area contributed by atoms with Gasteiger partial charge >= 0.3 is 0 Å². The quantitative estimate of drug-likeness (QED) is 0.343. The van der Waals surface area contributed by atoms with Crippen molar-refractivity contribution in [2.45, 2.75) is 59.3 Å². The Morgan fingerprint density at radius 2 is 1.97 bits per heavy atom. The van der Waals surface area contributed by atoms with Crippen molar-refractivity contribution in [3.63, 3.8) is 0 Å². The summed E-state index contributed by atoms with van der Waals surface area (Å²) in [5, 5.41) is 4.20. The number of aryl methyl sites for hydroxylation is 4. The van der Waals surface area contributed by atoms with E-state index in [4.69, 9.17) is 9.15 Å². The maximum absolute atomic E-state index is 12.6. The van der Waals surface area contributed by atoms with E-state index < -0.39 is 0 Å². The van der Waals surface area contributed by atoms with Crippen LogP contribution in [0, 0.1) is 6.92 Å². The lowest BCUT2D eigenvalue weighted by Crippen LogP contribution is -2.22. The molecule has 0 fully saturated rings. The molecule has 32 heavy (non-hydrogen) atoms. The molecule has 1 N–H and O–H groups in total. The van der Waals surface area contributed by atoms with Gasteiger partial charge in [0.05, 0.1) is 6.61 Å². The maximum Gasteiger partial charge on any atom is 0.244 e. The number of hydrogen-bond acceptors (Lipinski definition) is 3. The van der Waals surface area contributed by atoms with Crippen LogP contribution in [0.5, 0.6) is 5.75 Å². The second-order valence-electron chi connectivity index (χ2n) is 8.61. The smallest absolute Gasteiger partial charge is 0.244 e. The monoisotopic (exact) mass is 431 g/mol. The number of carbonyl (C=O) groups excluding carboxylic acids is 1. The van der Waals surface area contributed by atoms with E-state index in [1.807, 2.05) is 32.0 Å². The molecule has 1 aromatic heterocycles. The normalized spacial score (nSPS) is 13.8. The van der Waals surface area contributed by atoms with Gasteiger partial charge in [-0.05, 0) is 70.1 Å². The molecular formula is C28H33NO3. The van der Waals surface area contributed by atoms with E-state index in [0.717, 1.165) is 59.5 Å². The molecule has 0 atom stereocenters. The fourth-order valence-corrected chi connectivity index (χ4v) is 4.63. The van der Waals surface area contributed by atoms with Crippen LogP contribution >= 0.6 is 0 Å². The van der Waals surface area contributed by atoms with Crippen molar-refractivity contribution in [2.24, 2.45) is 0 Å². The van der Waals surface area contributed by atoms with E-state index in [-0.39, 0.29) is 5.91 Å². The fourth-order valence-electron chi connectivity index (χ4n) is 4.63. The summed E-state index contributed by atoms with van der Waals surface area (Å²) in [7, 11) is 0. The third-order valence-electron chi connectivity index (χ3n) is 6.27. The summed E-state index contributed by atoms with van der Waals surface area (Å²) in [6, 6.07) is 12.5. The molecule has 2 aromatic carbocycles. The Kier molecular flexibility index (Phi) is 6.99. The van der Waals surface area contributed by atoms with E-state index in [9.17, 15) is 4.79 Å². The van der Waals surface area contributed by atoms with E-state index in [2.05, 4.69) is 30.4 Å². The molecule has 4 heteroatoms. The number of carbonyl (C=O) groups is 1. The van der Waals surface area contributed by atoms with Gasteiger partial charge in [0, 0.05) is 41.1 Å². The first-order valence-corrected chi connectivity index (χ1v) is 11.8. The summed E-state index contributed by atoms with van der Waals surface area (Å²) < 4.78 is 12.3. The zero-order valence-electron chi connectivity index (χ0n) is 19.4. The highest BCUT2D eigenvalue weighted by molar-refractivity contribution is 5.98. The zero-order chi connectivity index (χ0) is 22.5. The van der Waals surface area contributed by atoms with Crippen LogP contribution in [0.3, 0.4) is 0 Å². The van der Waals surface area contributed by atoms with Crippen molar-refractivity contribution in [3.05, 3.63) is 70.5 Å². The van der Waals surface area contributed by atoms with Gasteiger partial charge in [-0.2, -0.15) is 0 Å². The van der Waals surface area contributed by atoms with Gasteiger partial charge in [-0.3, -0.25) is 4.79 Å². The van der Waals surface area contributed by atoms with Crippen LogP contribution in [0.25, 0.3) is 16.5 Å². The third-order valence-corrected chi connectivity index (χ3v) is 6.27. The van der Waals surface area contributed by atoms with Gasteiger partial charge in [0.2, 0.25) is 5.91 Å². The van der Waals surface area contributed by atoms with Crippen molar-refractivity contribution in [3.8, 4) is 5.75 Å². The summed E-state index contributed by atoms with van der Waals surface area (Å²) in [5.41, 5.74) is 6.46. The average molecular weight is 432 g/mol. The highest BCUT2D eigenvalue weighted by Gasteiger charge is 2.23. The molecule has 4 nitrogen and oxygen atoms in total. The second kappa shape index (κ2) is 10.1. The van der Waals surface area contributed by atoms with Gasteiger partial charge in [-0.15, -0.1) is 0 Å². The molecule has 0 bridgehead atoms. The molecule has 1 aliphatic carbocycles. The Morgan fingerprint density at radius 1 is 1.19 bits per heavy atom. The van der Waals surface area contributed by atoms with E-state index in [1.54, 1.807) is 6.08 Å². The molecule has 1 heterocycles. The van der Waals surface area contributed by atoms with Crippen molar-refractivity contribution in [1.82, 2.24) is 5.32 Å². The van der Waals surface area contributed by atoms with Crippen LogP contribution in [0.2, 0.25) is 0 Å². The van der Waals surface area contributed by atoms with Crippen LogP contribution in [0.4, 0.5) is 0 Å². The number of ether oxygens (including phenoxy) is 1. The second-order valence-corrected chi connectivity index (χ2v) is 8.61. The number of benzene rings is 2. The Labute approximate surface area is 190 Å². The molecule has 168 valence electrons.